The van der Waals surface area contributed by atoms with Gasteiger partial charge in [-0.25, -0.2) is 0 Å². The van der Waals surface area contributed by atoms with Crippen molar-refractivity contribution in [1.29, 1.82) is 0 Å². The summed E-state index contributed by atoms with van der Waals surface area (Å²) in [5.74, 6) is 0. The molecule has 1 aromatic heterocycles. The van der Waals surface area contributed by atoms with E-state index in [2.05, 4.69) is 0 Å². The number of nitrogens with one attached hydrogen (secondary N) is 1. The normalized spacial score (nSPS) is 12.6. The SMILES string of the molecule is O=Cc1cc2c(cc1C(F)(F)F)[nH]c(=O)c(=O)n2CP(=O)(O)O. The van der Waals surface area contributed by atoms with E-state index >= 15 is 0 Å². The van der Waals surface area contributed by atoms with Crippen molar-refractivity contribution in [3.63, 3.8) is 0 Å². The Hall–Kier alpha value is -2.23. The Kier molecular flexibility index (Phi) is 4.05. The smallest absolute Gasteiger partial charge is 0.323 e. The lowest BCUT2D eigenvalue weighted by Crippen LogP contribution is -2.36. The second-order valence-electron chi connectivity index (χ2n) is 4.57. The molecule has 0 aliphatic rings. The van der Waals surface area contributed by atoms with Crippen LogP contribution >= 0.6 is 7.60 Å². The van der Waals surface area contributed by atoms with Gasteiger partial charge in [0.15, 0.2) is 6.29 Å². The van der Waals surface area contributed by atoms with Crippen molar-refractivity contribution in [2.45, 2.75) is 12.5 Å². The van der Waals surface area contributed by atoms with Gasteiger partial charge in [-0.1, -0.05) is 0 Å². The number of nitrogens with zero attached hydrogens (tertiary/aromatic N) is 1. The van der Waals surface area contributed by atoms with Crippen molar-refractivity contribution in [3.8, 4) is 0 Å². The summed E-state index contributed by atoms with van der Waals surface area (Å²) in [5, 5.41) is 0. The monoisotopic (exact) mass is 352 g/mol. The summed E-state index contributed by atoms with van der Waals surface area (Å²) in [4.78, 5) is 53.8. The van der Waals surface area contributed by atoms with Crippen LogP contribution in [0.15, 0.2) is 21.7 Å². The lowest BCUT2D eigenvalue weighted by Gasteiger charge is -2.14. The summed E-state index contributed by atoms with van der Waals surface area (Å²) in [6.07, 6.45) is -6.22. The van der Waals surface area contributed by atoms with Gasteiger partial charge in [-0.05, 0) is 12.1 Å². The van der Waals surface area contributed by atoms with Crippen molar-refractivity contribution >= 4 is 24.9 Å². The Morgan fingerprint density at radius 1 is 1.26 bits per heavy atom. The number of halogens is 3. The molecule has 8 nitrogen and oxygen atoms in total. The molecule has 0 fully saturated rings. The quantitative estimate of drug-likeness (QED) is 0.423. The number of aromatic nitrogens is 2. The second kappa shape index (κ2) is 5.44. The van der Waals surface area contributed by atoms with Crippen LogP contribution in [0.3, 0.4) is 0 Å². The van der Waals surface area contributed by atoms with E-state index in [1.54, 1.807) is 0 Å². The van der Waals surface area contributed by atoms with E-state index in [0.717, 1.165) is 0 Å². The summed E-state index contributed by atoms with van der Waals surface area (Å²) in [6.45, 7) is 0. The van der Waals surface area contributed by atoms with E-state index in [4.69, 9.17) is 9.79 Å². The van der Waals surface area contributed by atoms with Crippen LogP contribution in [0.1, 0.15) is 15.9 Å². The van der Waals surface area contributed by atoms with E-state index in [9.17, 15) is 32.1 Å². The number of benzene rings is 1. The van der Waals surface area contributed by atoms with Crippen molar-refractivity contribution < 1.29 is 32.3 Å². The van der Waals surface area contributed by atoms with Crippen LogP contribution < -0.4 is 11.1 Å². The summed E-state index contributed by atoms with van der Waals surface area (Å²) < 4.78 is 50.0. The van der Waals surface area contributed by atoms with Crippen LogP contribution in [0.2, 0.25) is 0 Å². The van der Waals surface area contributed by atoms with Gasteiger partial charge in [-0.2, -0.15) is 13.2 Å². The molecule has 0 amide bonds. The Labute approximate surface area is 124 Å². The van der Waals surface area contributed by atoms with Gasteiger partial charge < -0.3 is 14.8 Å². The average molecular weight is 352 g/mol. The molecule has 2 rings (SSSR count). The molecule has 0 unspecified atom stereocenters. The number of aromatic amines is 1. The molecule has 0 spiro atoms. The number of fused-ring (bicyclic) bond motifs is 1. The lowest BCUT2D eigenvalue weighted by molar-refractivity contribution is -0.137. The van der Waals surface area contributed by atoms with E-state index < -0.39 is 53.3 Å². The van der Waals surface area contributed by atoms with Gasteiger partial charge in [0, 0.05) is 5.56 Å². The van der Waals surface area contributed by atoms with Crippen LogP contribution in [-0.2, 0) is 17.0 Å². The average Bonchev–Trinajstić information content (AvgIpc) is 2.40. The maximum Gasteiger partial charge on any atom is 0.417 e. The molecule has 0 atom stereocenters. The first-order valence-corrected chi connectivity index (χ1v) is 7.61. The van der Waals surface area contributed by atoms with E-state index in [1.165, 1.54) is 0 Å². The number of aldehydes is 1. The summed E-state index contributed by atoms with van der Waals surface area (Å²) in [7, 11) is -4.81. The molecular weight excluding hydrogens is 344 g/mol. The highest BCUT2D eigenvalue weighted by atomic mass is 31.2. The number of rotatable bonds is 3. The molecule has 0 aliphatic carbocycles. The second-order valence-corrected chi connectivity index (χ2v) is 6.18. The summed E-state index contributed by atoms with van der Waals surface area (Å²) >= 11 is 0. The van der Waals surface area contributed by atoms with Gasteiger partial charge in [0.05, 0.1) is 16.6 Å². The minimum absolute atomic E-state index is 0.111. The maximum atomic E-state index is 12.9. The lowest BCUT2D eigenvalue weighted by atomic mass is 10.1. The van der Waals surface area contributed by atoms with E-state index in [-0.39, 0.29) is 6.29 Å². The van der Waals surface area contributed by atoms with Crippen molar-refractivity contribution in [2.75, 3.05) is 0 Å². The third kappa shape index (κ3) is 3.41. The van der Waals surface area contributed by atoms with Crippen molar-refractivity contribution in [2.24, 2.45) is 0 Å². The minimum atomic E-state index is -4.90. The third-order valence-electron chi connectivity index (χ3n) is 2.90. The van der Waals surface area contributed by atoms with Gasteiger partial charge in [0.1, 0.15) is 6.29 Å². The molecule has 124 valence electrons. The Bertz CT molecular complexity index is 955. The van der Waals surface area contributed by atoms with E-state index in [1.807, 2.05) is 4.98 Å². The molecule has 1 aromatic carbocycles. The van der Waals surface area contributed by atoms with Crippen LogP contribution in [0.5, 0.6) is 0 Å². The number of hydrogen-bond donors (Lipinski definition) is 3. The van der Waals surface area contributed by atoms with Gasteiger partial charge >= 0.3 is 24.9 Å². The highest BCUT2D eigenvalue weighted by Crippen LogP contribution is 2.37. The molecule has 0 radical (unpaired) electrons. The molecule has 23 heavy (non-hydrogen) atoms. The molecule has 0 saturated heterocycles. The molecule has 1 heterocycles. The number of carbonyl (C=O) groups is 1. The highest BCUT2D eigenvalue weighted by molar-refractivity contribution is 7.50. The van der Waals surface area contributed by atoms with Gasteiger partial charge in [-0.15, -0.1) is 0 Å². The molecule has 0 bridgehead atoms. The first-order valence-electron chi connectivity index (χ1n) is 5.82. The van der Waals surface area contributed by atoms with Gasteiger partial charge in [0.2, 0.25) is 0 Å². The summed E-state index contributed by atoms with van der Waals surface area (Å²) in [5.41, 5.74) is -5.79. The fourth-order valence-corrected chi connectivity index (χ4v) is 2.65. The molecular formula is C11H8F3N2O6P. The Balaban J connectivity index is 2.95. The fourth-order valence-electron chi connectivity index (χ4n) is 2.00. The number of hydrogen-bond acceptors (Lipinski definition) is 4. The van der Waals surface area contributed by atoms with Gasteiger partial charge in [0.25, 0.3) is 0 Å². The number of alkyl halides is 3. The van der Waals surface area contributed by atoms with Gasteiger partial charge in [-0.3, -0.25) is 23.5 Å². The number of H-pyrrole nitrogens is 1. The fraction of sp³-hybridized carbons (Fsp3) is 0.182. The molecule has 3 N–H and O–H groups in total. The van der Waals surface area contributed by atoms with Crippen molar-refractivity contribution in [3.05, 3.63) is 44.0 Å². The summed E-state index contributed by atoms with van der Waals surface area (Å²) in [6, 6.07) is 1.06. The zero-order valence-electron chi connectivity index (χ0n) is 11.0. The largest absolute Gasteiger partial charge is 0.417 e. The predicted molar refractivity (Wildman–Crippen MR) is 71.3 cm³/mol. The molecule has 12 heteroatoms. The van der Waals surface area contributed by atoms with Crippen molar-refractivity contribution in [1.82, 2.24) is 9.55 Å². The van der Waals surface area contributed by atoms with Crippen LogP contribution in [-0.4, -0.2) is 25.6 Å². The zero-order valence-corrected chi connectivity index (χ0v) is 11.9. The Morgan fingerprint density at radius 3 is 2.35 bits per heavy atom. The van der Waals surface area contributed by atoms with Crippen LogP contribution in [0, 0.1) is 0 Å². The number of carbonyl (C=O) groups excluding carboxylic acids is 1. The van der Waals surface area contributed by atoms with Crippen LogP contribution in [0.4, 0.5) is 13.2 Å². The highest BCUT2D eigenvalue weighted by Gasteiger charge is 2.34. The van der Waals surface area contributed by atoms with Crippen LogP contribution in [0.25, 0.3) is 11.0 Å². The first-order chi connectivity index (χ1) is 10.4. The molecule has 0 aliphatic heterocycles. The standard InChI is InChI=1S/C11H8F3N2O6P/c12-11(13,14)6-2-7-8(1-5(6)3-17)16(4-23(20,21)22)10(19)9(18)15-7/h1-3H,4H2,(H,15,18)(H2,20,21,22). The topological polar surface area (TPSA) is 129 Å². The van der Waals surface area contributed by atoms with E-state index in [0.29, 0.717) is 16.7 Å². The third-order valence-corrected chi connectivity index (χ3v) is 3.56. The maximum absolute atomic E-state index is 12.9. The Morgan fingerprint density at radius 2 is 1.87 bits per heavy atom. The minimum Gasteiger partial charge on any atom is -0.323 e. The predicted octanol–water partition coefficient (Wildman–Crippen LogP) is 0.656. The zero-order chi connectivity index (χ0) is 17.6. The molecule has 0 saturated carbocycles. The first kappa shape index (κ1) is 17.1. The molecule has 2 aromatic rings.